The van der Waals surface area contributed by atoms with E-state index in [1.807, 2.05) is 11.8 Å². The molecule has 5 heteroatoms. The molecule has 1 aliphatic heterocycles. The molecule has 0 radical (unpaired) electrons. The zero-order valence-electron chi connectivity index (χ0n) is 8.90. The normalized spacial score (nSPS) is 25.1. The van der Waals surface area contributed by atoms with Gasteiger partial charge in [-0.3, -0.25) is 0 Å². The summed E-state index contributed by atoms with van der Waals surface area (Å²) in [4.78, 5) is 2.27. The molecule has 84 valence electrons. The molecule has 1 saturated heterocycles. The summed E-state index contributed by atoms with van der Waals surface area (Å²) in [6.07, 6.45) is 2.49. The fourth-order valence-corrected chi connectivity index (χ4v) is 3.36. The fraction of sp³-hybridized carbons (Fsp3) is 1.00. The van der Waals surface area contributed by atoms with Crippen LogP contribution < -0.4 is 0 Å². The van der Waals surface area contributed by atoms with Crippen molar-refractivity contribution in [2.45, 2.75) is 18.6 Å². The van der Waals surface area contributed by atoms with Gasteiger partial charge in [-0.25, -0.2) is 8.42 Å². The van der Waals surface area contributed by atoms with Crippen LogP contribution in [0.5, 0.6) is 0 Å². The second kappa shape index (κ2) is 5.37. The topological polar surface area (TPSA) is 37.4 Å². The van der Waals surface area contributed by atoms with Gasteiger partial charge in [0.1, 0.15) is 9.84 Å². The molecule has 1 heterocycles. The van der Waals surface area contributed by atoms with Crippen molar-refractivity contribution in [3.8, 4) is 0 Å². The standard InChI is InChI=1S/C9H19NO2S2/c1-3-9-8-10(4-6-13-9)5-7-14(2,11)12/h9H,3-8H2,1-2H3/t9-/m0/s1. The lowest BCUT2D eigenvalue weighted by molar-refractivity contribution is 0.297. The summed E-state index contributed by atoms with van der Waals surface area (Å²) in [6, 6.07) is 0. The Kier molecular flexibility index (Phi) is 4.73. The van der Waals surface area contributed by atoms with Crippen molar-refractivity contribution in [2.75, 3.05) is 37.4 Å². The van der Waals surface area contributed by atoms with Crippen LogP contribution in [0.25, 0.3) is 0 Å². The van der Waals surface area contributed by atoms with E-state index in [1.165, 1.54) is 12.7 Å². The summed E-state index contributed by atoms with van der Waals surface area (Å²) in [5, 5.41) is 0.698. The van der Waals surface area contributed by atoms with Crippen molar-refractivity contribution in [1.29, 1.82) is 0 Å². The molecule has 0 aromatic heterocycles. The van der Waals surface area contributed by atoms with E-state index in [-0.39, 0.29) is 0 Å². The highest BCUT2D eigenvalue weighted by atomic mass is 32.2. The van der Waals surface area contributed by atoms with Crippen LogP contribution in [0.3, 0.4) is 0 Å². The van der Waals surface area contributed by atoms with E-state index in [4.69, 9.17) is 0 Å². The molecule has 0 spiro atoms. The summed E-state index contributed by atoms with van der Waals surface area (Å²) in [6.45, 7) is 4.99. The van der Waals surface area contributed by atoms with Gasteiger partial charge in [0.05, 0.1) is 5.75 Å². The third kappa shape index (κ3) is 4.66. The largest absolute Gasteiger partial charge is 0.300 e. The third-order valence-corrected chi connectivity index (χ3v) is 4.75. The Balaban J connectivity index is 2.31. The van der Waals surface area contributed by atoms with Gasteiger partial charge in [0.25, 0.3) is 0 Å². The zero-order chi connectivity index (χ0) is 10.6. The van der Waals surface area contributed by atoms with Crippen LogP contribution in [0.1, 0.15) is 13.3 Å². The summed E-state index contributed by atoms with van der Waals surface area (Å²) >= 11 is 2.01. The Labute approximate surface area is 91.2 Å². The van der Waals surface area contributed by atoms with Crippen molar-refractivity contribution < 1.29 is 8.42 Å². The minimum atomic E-state index is -2.80. The maximum atomic E-state index is 11.0. The van der Waals surface area contributed by atoms with Gasteiger partial charge in [0.2, 0.25) is 0 Å². The lowest BCUT2D eigenvalue weighted by Crippen LogP contribution is -2.40. The van der Waals surface area contributed by atoms with Gasteiger partial charge in [-0.15, -0.1) is 0 Å². The molecule has 1 fully saturated rings. The smallest absolute Gasteiger partial charge is 0.148 e. The maximum Gasteiger partial charge on any atom is 0.148 e. The van der Waals surface area contributed by atoms with Crippen molar-refractivity contribution in [1.82, 2.24) is 4.90 Å². The van der Waals surface area contributed by atoms with E-state index in [1.54, 1.807) is 0 Å². The minimum absolute atomic E-state index is 0.300. The van der Waals surface area contributed by atoms with Crippen LogP contribution in [0, 0.1) is 0 Å². The molecular formula is C9H19NO2S2. The van der Waals surface area contributed by atoms with E-state index in [9.17, 15) is 8.42 Å². The van der Waals surface area contributed by atoms with Crippen LogP contribution in [0.15, 0.2) is 0 Å². The van der Waals surface area contributed by atoms with Crippen molar-refractivity contribution in [3.05, 3.63) is 0 Å². The lowest BCUT2D eigenvalue weighted by Gasteiger charge is -2.31. The third-order valence-electron chi connectivity index (χ3n) is 2.46. The van der Waals surface area contributed by atoms with Crippen molar-refractivity contribution >= 4 is 21.6 Å². The molecule has 0 aromatic carbocycles. The molecule has 14 heavy (non-hydrogen) atoms. The molecule has 1 rings (SSSR count). The van der Waals surface area contributed by atoms with Crippen LogP contribution in [-0.4, -0.2) is 56.0 Å². The van der Waals surface area contributed by atoms with E-state index in [2.05, 4.69) is 11.8 Å². The van der Waals surface area contributed by atoms with Gasteiger partial charge in [-0.2, -0.15) is 11.8 Å². The van der Waals surface area contributed by atoms with E-state index >= 15 is 0 Å². The van der Waals surface area contributed by atoms with Gasteiger partial charge >= 0.3 is 0 Å². The highest BCUT2D eigenvalue weighted by Gasteiger charge is 2.19. The number of rotatable bonds is 4. The molecule has 1 atom stereocenters. The first-order chi connectivity index (χ1) is 6.51. The van der Waals surface area contributed by atoms with E-state index < -0.39 is 9.84 Å². The molecule has 1 aliphatic rings. The van der Waals surface area contributed by atoms with Crippen LogP contribution in [0.2, 0.25) is 0 Å². The van der Waals surface area contributed by atoms with Gasteiger partial charge in [0.15, 0.2) is 0 Å². The predicted molar refractivity (Wildman–Crippen MR) is 62.7 cm³/mol. The van der Waals surface area contributed by atoms with Gasteiger partial charge in [-0.05, 0) is 6.42 Å². The summed E-state index contributed by atoms with van der Waals surface area (Å²) in [5.74, 6) is 1.44. The molecule has 3 nitrogen and oxygen atoms in total. The molecule has 0 bridgehead atoms. The molecule has 0 amide bonds. The lowest BCUT2D eigenvalue weighted by atomic mass is 10.3. The number of hydrogen-bond donors (Lipinski definition) is 0. The first-order valence-corrected chi connectivity index (χ1v) is 8.14. The van der Waals surface area contributed by atoms with Crippen LogP contribution in [-0.2, 0) is 9.84 Å². The van der Waals surface area contributed by atoms with Crippen molar-refractivity contribution in [3.63, 3.8) is 0 Å². The van der Waals surface area contributed by atoms with Gasteiger partial charge in [-0.1, -0.05) is 6.92 Å². The second-order valence-electron chi connectivity index (χ2n) is 3.83. The number of hydrogen-bond acceptors (Lipinski definition) is 4. The summed E-state index contributed by atoms with van der Waals surface area (Å²) < 4.78 is 22.0. The highest BCUT2D eigenvalue weighted by molar-refractivity contribution is 8.00. The van der Waals surface area contributed by atoms with E-state index in [0.717, 1.165) is 18.8 Å². The number of sulfone groups is 1. The molecular weight excluding hydrogens is 218 g/mol. The SMILES string of the molecule is CC[C@H]1CN(CCS(C)(=O)=O)CCS1. The zero-order valence-corrected chi connectivity index (χ0v) is 10.5. The Morgan fingerprint density at radius 1 is 1.50 bits per heavy atom. The highest BCUT2D eigenvalue weighted by Crippen LogP contribution is 2.20. The number of nitrogens with zero attached hydrogens (tertiary/aromatic N) is 1. The Morgan fingerprint density at radius 2 is 2.21 bits per heavy atom. The van der Waals surface area contributed by atoms with Gasteiger partial charge < -0.3 is 4.90 Å². The molecule has 0 saturated carbocycles. The van der Waals surface area contributed by atoms with Crippen LogP contribution >= 0.6 is 11.8 Å². The summed E-state index contributed by atoms with van der Waals surface area (Å²) in [5.41, 5.74) is 0. The Bertz CT molecular complexity index is 264. The maximum absolute atomic E-state index is 11.0. The molecule has 0 aromatic rings. The first-order valence-electron chi connectivity index (χ1n) is 5.03. The molecule has 0 unspecified atom stereocenters. The monoisotopic (exact) mass is 237 g/mol. The minimum Gasteiger partial charge on any atom is -0.300 e. The molecule has 0 N–H and O–H groups in total. The molecule has 0 aliphatic carbocycles. The first kappa shape index (κ1) is 12.3. The van der Waals surface area contributed by atoms with Gasteiger partial charge in [0, 0.05) is 36.9 Å². The average Bonchev–Trinajstić information content (AvgIpc) is 2.14. The quantitative estimate of drug-likeness (QED) is 0.727. The van der Waals surface area contributed by atoms with E-state index in [0.29, 0.717) is 17.5 Å². The fourth-order valence-electron chi connectivity index (χ4n) is 1.53. The Morgan fingerprint density at radius 3 is 2.79 bits per heavy atom. The second-order valence-corrected chi connectivity index (χ2v) is 7.50. The predicted octanol–water partition coefficient (Wildman–Crippen LogP) is 0.858. The Hall–Kier alpha value is 0.260. The average molecular weight is 237 g/mol. The number of thioether (sulfide) groups is 1. The van der Waals surface area contributed by atoms with Crippen LogP contribution in [0.4, 0.5) is 0 Å². The summed E-state index contributed by atoms with van der Waals surface area (Å²) in [7, 11) is -2.80. The van der Waals surface area contributed by atoms with Crippen molar-refractivity contribution in [2.24, 2.45) is 0 Å².